The standard InChI is InChI=1S/C27H27BO6/c1-30-21-12-8-19(9-13-21)27(18-6-4-3-5-7-18,20-10-14-22(31-2)15-11-20)33-17-26-16-32-23(24(26)29)25(28)34-26/h3-15,23-25,29H,16-17H2,1-2H3. The number of hydrogen-bond donors (Lipinski definition) is 1. The van der Waals surface area contributed by atoms with Crippen molar-refractivity contribution < 1.29 is 28.8 Å². The number of aliphatic hydroxyl groups excluding tert-OH is 1. The molecule has 2 aliphatic rings. The van der Waals surface area contributed by atoms with Crippen molar-refractivity contribution in [1.29, 1.82) is 0 Å². The van der Waals surface area contributed by atoms with Crippen molar-refractivity contribution in [1.82, 2.24) is 0 Å². The van der Waals surface area contributed by atoms with Crippen molar-refractivity contribution >= 4 is 7.85 Å². The number of rotatable bonds is 8. The lowest BCUT2D eigenvalue weighted by Gasteiger charge is -2.39. The zero-order chi connectivity index (χ0) is 23.8. The number of fused-ring (bicyclic) bond motifs is 2. The van der Waals surface area contributed by atoms with Crippen LogP contribution < -0.4 is 9.47 Å². The molecule has 0 amide bonds. The van der Waals surface area contributed by atoms with Gasteiger partial charge < -0.3 is 28.8 Å². The van der Waals surface area contributed by atoms with Gasteiger partial charge in [0.15, 0.2) is 0 Å². The first kappa shape index (κ1) is 22.9. The average Bonchev–Trinajstić information content (AvgIpc) is 3.33. The minimum atomic E-state index is -1.04. The van der Waals surface area contributed by atoms with Crippen LogP contribution in [0.2, 0.25) is 0 Å². The summed E-state index contributed by atoms with van der Waals surface area (Å²) < 4.78 is 29.3. The van der Waals surface area contributed by atoms with Crippen LogP contribution in [0.4, 0.5) is 0 Å². The molecule has 7 heteroatoms. The number of methoxy groups -OCH3 is 2. The molecule has 0 aromatic heterocycles. The van der Waals surface area contributed by atoms with E-state index >= 15 is 0 Å². The molecule has 0 saturated carbocycles. The smallest absolute Gasteiger partial charge is 0.143 e. The Morgan fingerprint density at radius 1 is 0.882 bits per heavy atom. The van der Waals surface area contributed by atoms with Gasteiger partial charge in [0.1, 0.15) is 42.8 Å². The van der Waals surface area contributed by atoms with E-state index in [4.69, 9.17) is 31.5 Å². The Bertz CT molecular complexity index is 1060. The molecule has 2 heterocycles. The minimum Gasteiger partial charge on any atom is -0.497 e. The Morgan fingerprint density at radius 3 is 1.85 bits per heavy atom. The number of ether oxygens (including phenoxy) is 5. The first-order chi connectivity index (χ1) is 16.5. The summed E-state index contributed by atoms with van der Waals surface area (Å²) in [5, 5.41) is 10.9. The van der Waals surface area contributed by atoms with E-state index in [2.05, 4.69) is 0 Å². The predicted octanol–water partition coefficient (Wildman–Crippen LogP) is 3.04. The first-order valence-electron chi connectivity index (χ1n) is 11.2. The molecule has 2 saturated heterocycles. The molecule has 0 spiro atoms. The van der Waals surface area contributed by atoms with Gasteiger partial charge in [-0.15, -0.1) is 0 Å². The molecule has 1 N–H and O–H groups in total. The van der Waals surface area contributed by atoms with E-state index in [0.29, 0.717) is 0 Å². The molecule has 174 valence electrons. The Labute approximate surface area is 200 Å². The largest absolute Gasteiger partial charge is 0.497 e. The van der Waals surface area contributed by atoms with Crippen molar-refractivity contribution in [2.75, 3.05) is 27.4 Å². The third-order valence-electron chi connectivity index (χ3n) is 6.77. The number of benzene rings is 3. The second kappa shape index (κ2) is 9.08. The van der Waals surface area contributed by atoms with E-state index in [0.717, 1.165) is 28.2 Å². The fourth-order valence-corrected chi connectivity index (χ4v) is 4.90. The second-order valence-electron chi connectivity index (χ2n) is 8.66. The van der Waals surface area contributed by atoms with E-state index in [1.165, 1.54) is 0 Å². The van der Waals surface area contributed by atoms with Gasteiger partial charge in [-0.05, 0) is 41.0 Å². The summed E-state index contributed by atoms with van der Waals surface area (Å²) in [4.78, 5) is 0. The fraction of sp³-hybridized carbons (Fsp3) is 0.333. The van der Waals surface area contributed by atoms with Crippen molar-refractivity contribution in [2.45, 2.75) is 29.4 Å². The van der Waals surface area contributed by atoms with Crippen LogP contribution in [0, 0.1) is 0 Å². The lowest BCUT2D eigenvalue weighted by atomic mass is 9.79. The maximum Gasteiger partial charge on any atom is 0.143 e. The summed E-state index contributed by atoms with van der Waals surface area (Å²) in [6.45, 7) is 0.286. The molecule has 5 rings (SSSR count). The van der Waals surface area contributed by atoms with Crippen LogP contribution in [0.15, 0.2) is 78.9 Å². The molecule has 4 atom stereocenters. The molecular formula is C27H27BO6. The molecule has 2 bridgehead atoms. The molecule has 2 aliphatic heterocycles. The average molecular weight is 458 g/mol. The van der Waals surface area contributed by atoms with Crippen molar-refractivity contribution in [3.05, 3.63) is 95.6 Å². The highest BCUT2D eigenvalue weighted by molar-refractivity contribution is 6.11. The lowest BCUT2D eigenvalue weighted by Crippen LogP contribution is -2.48. The lowest BCUT2D eigenvalue weighted by molar-refractivity contribution is -0.164. The van der Waals surface area contributed by atoms with Crippen LogP contribution in [0.25, 0.3) is 0 Å². The van der Waals surface area contributed by atoms with Gasteiger partial charge >= 0.3 is 0 Å². The summed E-state index contributed by atoms with van der Waals surface area (Å²) in [6, 6.07) is 24.8. The van der Waals surface area contributed by atoms with E-state index in [9.17, 15) is 5.11 Å². The van der Waals surface area contributed by atoms with Crippen LogP contribution in [-0.2, 0) is 19.8 Å². The number of hydrogen-bond acceptors (Lipinski definition) is 6. The molecule has 4 unspecified atom stereocenters. The third kappa shape index (κ3) is 3.69. The maximum absolute atomic E-state index is 10.9. The maximum atomic E-state index is 10.9. The van der Waals surface area contributed by atoms with Crippen LogP contribution in [0.1, 0.15) is 16.7 Å². The Balaban J connectivity index is 1.64. The predicted molar refractivity (Wildman–Crippen MR) is 127 cm³/mol. The monoisotopic (exact) mass is 458 g/mol. The van der Waals surface area contributed by atoms with Gasteiger partial charge in [-0.2, -0.15) is 0 Å². The summed E-state index contributed by atoms with van der Waals surface area (Å²) in [7, 11) is 9.31. The normalized spacial score (nSPS) is 25.9. The van der Waals surface area contributed by atoms with Crippen molar-refractivity contribution in [3.63, 3.8) is 0 Å². The zero-order valence-electron chi connectivity index (χ0n) is 19.2. The highest BCUT2D eigenvalue weighted by Crippen LogP contribution is 2.45. The molecule has 2 fully saturated rings. The second-order valence-corrected chi connectivity index (χ2v) is 8.66. The molecule has 2 radical (unpaired) electrons. The Morgan fingerprint density at radius 2 is 1.41 bits per heavy atom. The zero-order valence-corrected chi connectivity index (χ0v) is 19.2. The van der Waals surface area contributed by atoms with Gasteiger partial charge in [0, 0.05) is 6.00 Å². The van der Waals surface area contributed by atoms with Crippen LogP contribution in [0.3, 0.4) is 0 Å². The summed E-state index contributed by atoms with van der Waals surface area (Å²) in [5.74, 6) is 1.48. The third-order valence-corrected chi connectivity index (χ3v) is 6.77. The SMILES string of the molecule is [B]C1OC2(COC(c3ccccc3)(c3ccc(OC)cc3)c3ccc(OC)cc3)COC1C2O. The fourth-order valence-electron chi connectivity index (χ4n) is 4.90. The summed E-state index contributed by atoms with van der Waals surface area (Å²) >= 11 is 0. The summed E-state index contributed by atoms with van der Waals surface area (Å²) in [6.07, 6.45) is -1.43. The van der Waals surface area contributed by atoms with E-state index in [-0.39, 0.29) is 13.2 Å². The van der Waals surface area contributed by atoms with Gasteiger partial charge in [-0.1, -0.05) is 54.6 Å². The van der Waals surface area contributed by atoms with Gasteiger partial charge in [0.2, 0.25) is 0 Å². The molecule has 34 heavy (non-hydrogen) atoms. The molecule has 3 aromatic carbocycles. The van der Waals surface area contributed by atoms with Crippen LogP contribution in [-0.4, -0.2) is 64.2 Å². The van der Waals surface area contributed by atoms with Crippen LogP contribution >= 0.6 is 0 Å². The molecule has 3 aromatic rings. The number of aliphatic hydroxyl groups is 1. The van der Waals surface area contributed by atoms with Crippen molar-refractivity contribution in [2.24, 2.45) is 0 Å². The topological polar surface area (TPSA) is 66.4 Å². The molecule has 0 aliphatic carbocycles. The Kier molecular flexibility index (Phi) is 6.12. The van der Waals surface area contributed by atoms with Gasteiger partial charge in [-0.25, -0.2) is 0 Å². The molecule has 6 nitrogen and oxygen atoms in total. The van der Waals surface area contributed by atoms with E-state index in [1.807, 2.05) is 78.9 Å². The highest BCUT2D eigenvalue weighted by atomic mass is 16.7. The summed E-state index contributed by atoms with van der Waals surface area (Å²) in [5.41, 5.74) is 0.668. The minimum absolute atomic E-state index is 0.0747. The first-order valence-corrected chi connectivity index (χ1v) is 11.2. The van der Waals surface area contributed by atoms with Gasteiger partial charge in [-0.3, -0.25) is 0 Å². The van der Waals surface area contributed by atoms with Crippen molar-refractivity contribution in [3.8, 4) is 11.5 Å². The Hall–Kier alpha value is -2.84. The molecular weight excluding hydrogens is 431 g/mol. The van der Waals surface area contributed by atoms with Gasteiger partial charge in [0.25, 0.3) is 0 Å². The van der Waals surface area contributed by atoms with E-state index in [1.54, 1.807) is 14.2 Å². The van der Waals surface area contributed by atoms with E-state index < -0.39 is 29.4 Å². The van der Waals surface area contributed by atoms with Crippen LogP contribution in [0.5, 0.6) is 11.5 Å². The highest BCUT2D eigenvalue weighted by Gasteiger charge is 2.60. The quantitative estimate of drug-likeness (QED) is 0.414. The van der Waals surface area contributed by atoms with Gasteiger partial charge in [0.05, 0.1) is 27.4 Å².